The Labute approximate surface area is 132 Å². The molecule has 0 fully saturated rings. The molecule has 1 heterocycles. The third-order valence-electron chi connectivity index (χ3n) is 4.10. The Bertz CT molecular complexity index is 662. The lowest BCUT2D eigenvalue weighted by molar-refractivity contribution is 0.457. The lowest BCUT2D eigenvalue weighted by Crippen LogP contribution is -2.44. The van der Waals surface area contributed by atoms with Crippen LogP contribution in [0.1, 0.15) is 20.8 Å². The van der Waals surface area contributed by atoms with E-state index in [1.54, 1.807) is 16.9 Å². The Hall–Kier alpha value is -1.82. The summed E-state index contributed by atoms with van der Waals surface area (Å²) >= 11 is 0. The normalized spacial score (nSPS) is 12.3. The fourth-order valence-electron chi connectivity index (χ4n) is 1.74. The molecule has 0 unspecified atom stereocenters. The van der Waals surface area contributed by atoms with Gasteiger partial charge in [-0.3, -0.25) is 4.68 Å². The van der Waals surface area contributed by atoms with Crippen molar-refractivity contribution in [1.82, 2.24) is 9.78 Å². The molecule has 4 nitrogen and oxygen atoms in total. The maximum Gasteiger partial charge on any atom is 0.250 e. The molecule has 1 aromatic heterocycles. The molecule has 0 aliphatic heterocycles. The zero-order valence-electron chi connectivity index (χ0n) is 14.1. The van der Waals surface area contributed by atoms with Crippen LogP contribution >= 0.6 is 0 Å². The minimum Gasteiger partial charge on any atom is -0.542 e. The van der Waals surface area contributed by atoms with Crippen molar-refractivity contribution in [2.45, 2.75) is 38.9 Å². The fourth-order valence-corrected chi connectivity index (χ4v) is 2.76. The van der Waals surface area contributed by atoms with Gasteiger partial charge in [0, 0.05) is 25.0 Å². The maximum absolute atomic E-state index is 14.3. The maximum atomic E-state index is 14.3. The van der Waals surface area contributed by atoms with E-state index in [0.717, 1.165) is 5.69 Å². The lowest BCUT2D eigenvalue weighted by Gasteiger charge is -2.36. The topological polar surface area (TPSA) is 39.1 Å². The standard InChI is InChI=1S/C16H24FN3OSi/c1-16(2,3)22(5,6)21-15-8-7-12(9-14(15)17)19-13-10-18-20(4)11-13/h7-11,19H,1-6H3. The van der Waals surface area contributed by atoms with Gasteiger partial charge in [-0.05, 0) is 30.3 Å². The SMILES string of the molecule is Cn1cc(Nc2ccc(O[Si](C)(C)C(C)(C)C)c(F)c2)cn1. The summed E-state index contributed by atoms with van der Waals surface area (Å²) in [5.41, 5.74) is 1.49. The molecule has 22 heavy (non-hydrogen) atoms. The minimum absolute atomic E-state index is 0.0338. The van der Waals surface area contributed by atoms with Crippen LogP contribution in [0.25, 0.3) is 0 Å². The molecular formula is C16H24FN3OSi. The first-order valence-corrected chi connectivity index (χ1v) is 10.2. The number of aromatic nitrogens is 2. The zero-order valence-corrected chi connectivity index (χ0v) is 15.1. The molecular weight excluding hydrogens is 297 g/mol. The van der Waals surface area contributed by atoms with Crippen molar-refractivity contribution >= 4 is 19.7 Å². The van der Waals surface area contributed by atoms with Crippen LogP contribution in [0.3, 0.4) is 0 Å². The molecule has 0 radical (unpaired) electrons. The first kappa shape index (κ1) is 16.5. The van der Waals surface area contributed by atoms with Crippen molar-refractivity contribution in [3.8, 4) is 5.75 Å². The number of nitrogens with one attached hydrogen (secondary N) is 1. The number of nitrogens with zero attached hydrogens (tertiary/aromatic N) is 2. The van der Waals surface area contributed by atoms with E-state index in [1.807, 2.05) is 19.3 Å². The summed E-state index contributed by atoms with van der Waals surface area (Å²) < 4.78 is 22.0. The number of aryl methyl sites for hydroxylation is 1. The van der Waals surface area contributed by atoms with Gasteiger partial charge in [-0.1, -0.05) is 20.8 Å². The fraction of sp³-hybridized carbons (Fsp3) is 0.438. The smallest absolute Gasteiger partial charge is 0.250 e. The monoisotopic (exact) mass is 321 g/mol. The van der Waals surface area contributed by atoms with Crippen molar-refractivity contribution in [1.29, 1.82) is 0 Å². The van der Waals surface area contributed by atoms with Gasteiger partial charge >= 0.3 is 0 Å². The van der Waals surface area contributed by atoms with Crippen molar-refractivity contribution < 1.29 is 8.82 Å². The van der Waals surface area contributed by atoms with Gasteiger partial charge in [-0.2, -0.15) is 5.10 Å². The van der Waals surface area contributed by atoms with Gasteiger partial charge in [0.25, 0.3) is 8.32 Å². The summed E-state index contributed by atoms with van der Waals surface area (Å²) in [5, 5.41) is 7.22. The van der Waals surface area contributed by atoms with E-state index in [4.69, 9.17) is 4.43 Å². The summed E-state index contributed by atoms with van der Waals surface area (Å²) in [6.07, 6.45) is 3.52. The molecule has 6 heteroatoms. The molecule has 0 aliphatic carbocycles. The molecule has 0 aliphatic rings. The van der Waals surface area contributed by atoms with Crippen molar-refractivity contribution in [3.05, 3.63) is 36.4 Å². The lowest BCUT2D eigenvalue weighted by atomic mass is 10.2. The Kier molecular flexibility index (Phi) is 4.33. The van der Waals surface area contributed by atoms with E-state index in [1.165, 1.54) is 6.07 Å². The van der Waals surface area contributed by atoms with Crippen LogP contribution in [0.15, 0.2) is 30.6 Å². The van der Waals surface area contributed by atoms with E-state index < -0.39 is 8.32 Å². The van der Waals surface area contributed by atoms with Gasteiger partial charge in [-0.25, -0.2) is 4.39 Å². The zero-order chi connectivity index (χ0) is 16.5. The van der Waals surface area contributed by atoms with Gasteiger partial charge in [0.2, 0.25) is 0 Å². The van der Waals surface area contributed by atoms with E-state index in [9.17, 15) is 4.39 Å². The van der Waals surface area contributed by atoms with Gasteiger partial charge in [-0.15, -0.1) is 0 Å². The largest absolute Gasteiger partial charge is 0.542 e. The second kappa shape index (κ2) is 5.76. The summed E-state index contributed by atoms with van der Waals surface area (Å²) in [6, 6.07) is 4.96. The van der Waals surface area contributed by atoms with Crippen LogP contribution < -0.4 is 9.74 Å². The van der Waals surface area contributed by atoms with Gasteiger partial charge in [0.15, 0.2) is 5.82 Å². The first-order valence-electron chi connectivity index (χ1n) is 7.33. The number of hydrogen-bond donors (Lipinski definition) is 1. The van der Waals surface area contributed by atoms with Crippen LogP contribution in [0, 0.1) is 5.82 Å². The van der Waals surface area contributed by atoms with Crippen LogP contribution in [0.2, 0.25) is 18.1 Å². The van der Waals surface area contributed by atoms with Crippen molar-refractivity contribution in [3.63, 3.8) is 0 Å². The molecule has 0 saturated heterocycles. The number of anilines is 2. The predicted octanol–water partition coefficient (Wildman–Crippen LogP) is 4.69. The molecule has 1 N–H and O–H groups in total. The molecule has 0 amide bonds. The quantitative estimate of drug-likeness (QED) is 0.831. The van der Waals surface area contributed by atoms with Crippen LogP contribution in [0.5, 0.6) is 5.75 Å². The van der Waals surface area contributed by atoms with Crippen molar-refractivity contribution in [2.24, 2.45) is 7.05 Å². The van der Waals surface area contributed by atoms with Crippen LogP contribution in [-0.4, -0.2) is 18.1 Å². The number of benzene rings is 1. The van der Waals surface area contributed by atoms with Gasteiger partial charge < -0.3 is 9.74 Å². The highest BCUT2D eigenvalue weighted by Gasteiger charge is 2.39. The Morgan fingerprint density at radius 2 is 1.91 bits per heavy atom. The number of rotatable bonds is 4. The van der Waals surface area contributed by atoms with Crippen LogP contribution in [0.4, 0.5) is 15.8 Å². The summed E-state index contributed by atoms with van der Waals surface area (Å²) in [7, 11) is -0.204. The Morgan fingerprint density at radius 3 is 2.41 bits per heavy atom. The third kappa shape index (κ3) is 3.68. The highest BCUT2D eigenvalue weighted by molar-refractivity contribution is 6.74. The molecule has 2 rings (SSSR count). The second-order valence-electron chi connectivity index (χ2n) is 7.04. The van der Waals surface area contributed by atoms with Gasteiger partial charge in [0.1, 0.15) is 5.75 Å². The van der Waals surface area contributed by atoms with E-state index >= 15 is 0 Å². The molecule has 2 aromatic rings. The highest BCUT2D eigenvalue weighted by Crippen LogP contribution is 2.38. The summed E-state index contributed by atoms with van der Waals surface area (Å²) in [4.78, 5) is 0. The summed E-state index contributed by atoms with van der Waals surface area (Å²) in [6.45, 7) is 10.6. The number of halogens is 1. The molecule has 120 valence electrons. The molecule has 0 spiro atoms. The average Bonchev–Trinajstić information content (AvgIpc) is 2.77. The molecule has 0 saturated carbocycles. The predicted molar refractivity (Wildman–Crippen MR) is 90.7 cm³/mol. The third-order valence-corrected chi connectivity index (χ3v) is 8.44. The highest BCUT2D eigenvalue weighted by atomic mass is 28.4. The summed E-state index contributed by atoms with van der Waals surface area (Å²) in [5.74, 6) is -0.0259. The number of hydrogen-bond acceptors (Lipinski definition) is 3. The Balaban J connectivity index is 2.16. The molecule has 1 aromatic carbocycles. The van der Waals surface area contributed by atoms with Gasteiger partial charge in [0.05, 0.1) is 11.9 Å². The van der Waals surface area contributed by atoms with Crippen LogP contribution in [-0.2, 0) is 7.05 Å². The van der Waals surface area contributed by atoms with E-state index in [-0.39, 0.29) is 10.9 Å². The molecule has 0 atom stereocenters. The first-order chi connectivity index (χ1) is 10.1. The second-order valence-corrected chi connectivity index (χ2v) is 11.8. The molecule has 0 bridgehead atoms. The van der Waals surface area contributed by atoms with E-state index in [2.05, 4.69) is 44.3 Å². The van der Waals surface area contributed by atoms with Crippen molar-refractivity contribution in [2.75, 3.05) is 5.32 Å². The Morgan fingerprint density at radius 1 is 1.23 bits per heavy atom. The average molecular weight is 321 g/mol. The van der Waals surface area contributed by atoms with E-state index in [0.29, 0.717) is 11.4 Å². The minimum atomic E-state index is -2.04.